The molecule has 0 unspecified atom stereocenters. The number of thiazole rings is 1. The third-order valence-corrected chi connectivity index (χ3v) is 4.34. The molecule has 6 heteroatoms. The van der Waals surface area contributed by atoms with E-state index in [-0.39, 0.29) is 5.97 Å². The van der Waals surface area contributed by atoms with Crippen molar-refractivity contribution in [2.24, 2.45) is 0 Å². The van der Waals surface area contributed by atoms with E-state index in [4.69, 9.17) is 4.74 Å². The molecule has 1 fully saturated rings. The molecule has 0 amide bonds. The molecule has 100 valence electrons. The predicted octanol–water partition coefficient (Wildman–Crippen LogP) is 1.38. The number of likely N-dealkylation sites (N-methyl/N-ethyl adjacent to an activating group) is 1. The zero-order valence-corrected chi connectivity index (χ0v) is 11.9. The molecular weight excluding hydrogens is 250 g/mol. The number of rotatable bonds is 2. The largest absolute Gasteiger partial charge is 0.465 e. The minimum Gasteiger partial charge on any atom is -0.465 e. The second kappa shape index (κ2) is 5.67. The number of ether oxygens (including phenoxy) is 1. The minimum atomic E-state index is -0.289. The smallest absolute Gasteiger partial charge is 0.350 e. The number of aromatic nitrogens is 1. The summed E-state index contributed by atoms with van der Waals surface area (Å²) in [5.41, 5.74) is 0.763. The van der Waals surface area contributed by atoms with Crippen LogP contribution in [-0.4, -0.2) is 56.2 Å². The maximum atomic E-state index is 11.6. The van der Waals surface area contributed by atoms with Crippen molar-refractivity contribution in [2.45, 2.75) is 13.3 Å². The molecule has 1 aliphatic heterocycles. The zero-order valence-electron chi connectivity index (χ0n) is 11.1. The Morgan fingerprint density at radius 3 is 2.83 bits per heavy atom. The van der Waals surface area contributed by atoms with E-state index >= 15 is 0 Å². The fraction of sp³-hybridized carbons (Fsp3) is 0.667. The van der Waals surface area contributed by atoms with Crippen LogP contribution in [0.2, 0.25) is 0 Å². The van der Waals surface area contributed by atoms with Crippen molar-refractivity contribution in [1.82, 2.24) is 9.88 Å². The lowest BCUT2D eigenvalue weighted by molar-refractivity contribution is 0.0605. The van der Waals surface area contributed by atoms with Crippen molar-refractivity contribution in [3.63, 3.8) is 0 Å². The van der Waals surface area contributed by atoms with Crippen LogP contribution in [0.4, 0.5) is 5.13 Å². The second-order valence-corrected chi connectivity index (χ2v) is 5.52. The van der Waals surface area contributed by atoms with Gasteiger partial charge < -0.3 is 14.5 Å². The fourth-order valence-electron chi connectivity index (χ4n) is 2.04. The lowest BCUT2D eigenvalue weighted by Crippen LogP contribution is -2.28. The molecule has 0 aromatic carbocycles. The number of carbonyl (C=O) groups is 1. The number of anilines is 1. The third kappa shape index (κ3) is 2.81. The summed E-state index contributed by atoms with van der Waals surface area (Å²) in [6.07, 6.45) is 1.13. The molecule has 0 spiro atoms. The molecule has 0 radical (unpaired) electrons. The summed E-state index contributed by atoms with van der Waals surface area (Å²) < 4.78 is 4.76. The van der Waals surface area contributed by atoms with Gasteiger partial charge in [0, 0.05) is 19.6 Å². The van der Waals surface area contributed by atoms with Crippen molar-refractivity contribution in [2.75, 3.05) is 45.2 Å². The predicted molar refractivity (Wildman–Crippen MR) is 72.5 cm³/mol. The van der Waals surface area contributed by atoms with Crippen LogP contribution in [-0.2, 0) is 4.74 Å². The highest BCUT2D eigenvalue weighted by molar-refractivity contribution is 7.17. The molecule has 1 saturated heterocycles. The van der Waals surface area contributed by atoms with Crippen molar-refractivity contribution >= 4 is 22.4 Å². The van der Waals surface area contributed by atoms with Gasteiger partial charge in [0.1, 0.15) is 4.88 Å². The van der Waals surface area contributed by atoms with Crippen LogP contribution < -0.4 is 4.90 Å². The number of hydrogen-bond acceptors (Lipinski definition) is 6. The van der Waals surface area contributed by atoms with E-state index in [1.807, 2.05) is 6.92 Å². The number of aryl methyl sites for hydroxylation is 1. The van der Waals surface area contributed by atoms with E-state index < -0.39 is 0 Å². The first-order valence-corrected chi connectivity index (χ1v) is 6.92. The van der Waals surface area contributed by atoms with Crippen LogP contribution >= 0.6 is 11.3 Å². The number of esters is 1. The van der Waals surface area contributed by atoms with E-state index in [9.17, 15) is 4.79 Å². The summed E-state index contributed by atoms with van der Waals surface area (Å²) >= 11 is 1.43. The number of carbonyl (C=O) groups excluding carboxylic acids is 1. The summed E-state index contributed by atoms with van der Waals surface area (Å²) in [5, 5.41) is 0.934. The van der Waals surface area contributed by atoms with Crippen LogP contribution in [0.5, 0.6) is 0 Å². The third-order valence-electron chi connectivity index (χ3n) is 3.15. The maximum Gasteiger partial charge on any atom is 0.350 e. The molecule has 0 atom stereocenters. The normalized spacial score (nSPS) is 17.6. The second-order valence-electron chi connectivity index (χ2n) is 4.55. The maximum absolute atomic E-state index is 11.6. The standard InChI is InChI=1S/C12H19N3O2S/c1-9-10(11(16)17-3)18-12(13-9)15-6-4-5-14(2)7-8-15/h4-8H2,1-3H3. The lowest BCUT2D eigenvalue weighted by atomic mass is 10.4. The van der Waals surface area contributed by atoms with Gasteiger partial charge in [0.15, 0.2) is 5.13 Å². The molecule has 0 aliphatic carbocycles. The Balaban J connectivity index is 2.15. The zero-order chi connectivity index (χ0) is 13.1. The molecule has 0 N–H and O–H groups in total. The summed E-state index contributed by atoms with van der Waals surface area (Å²) in [5.74, 6) is -0.289. The lowest BCUT2D eigenvalue weighted by Gasteiger charge is -2.19. The van der Waals surface area contributed by atoms with Gasteiger partial charge in [0.05, 0.1) is 12.8 Å². The highest BCUT2D eigenvalue weighted by Crippen LogP contribution is 2.27. The van der Waals surface area contributed by atoms with Crippen LogP contribution in [0, 0.1) is 6.92 Å². The van der Waals surface area contributed by atoms with Crippen LogP contribution in [0.3, 0.4) is 0 Å². The highest BCUT2D eigenvalue weighted by Gasteiger charge is 2.20. The van der Waals surface area contributed by atoms with E-state index in [1.165, 1.54) is 18.4 Å². The van der Waals surface area contributed by atoms with Gasteiger partial charge in [0.2, 0.25) is 0 Å². The summed E-state index contributed by atoms with van der Waals surface area (Å²) in [7, 11) is 3.54. The fourth-order valence-corrected chi connectivity index (χ4v) is 3.07. The van der Waals surface area contributed by atoms with Gasteiger partial charge in [-0.05, 0) is 26.9 Å². The van der Waals surface area contributed by atoms with Gasteiger partial charge in [0.25, 0.3) is 0 Å². The Morgan fingerprint density at radius 2 is 2.11 bits per heavy atom. The number of methoxy groups -OCH3 is 1. The Labute approximate surface area is 111 Å². The molecule has 1 aromatic rings. The van der Waals surface area contributed by atoms with E-state index in [0.717, 1.165) is 43.4 Å². The topological polar surface area (TPSA) is 45.7 Å². The van der Waals surface area contributed by atoms with Crippen molar-refractivity contribution < 1.29 is 9.53 Å². The monoisotopic (exact) mass is 269 g/mol. The van der Waals surface area contributed by atoms with E-state index in [1.54, 1.807) is 0 Å². The molecule has 1 aromatic heterocycles. The number of nitrogens with zero attached hydrogens (tertiary/aromatic N) is 3. The summed E-state index contributed by atoms with van der Waals surface area (Å²) in [6, 6.07) is 0. The Kier molecular flexibility index (Phi) is 4.19. The molecule has 0 saturated carbocycles. The quantitative estimate of drug-likeness (QED) is 0.759. The summed E-state index contributed by atoms with van der Waals surface area (Å²) in [6.45, 7) is 5.97. The Hall–Kier alpha value is -1.14. The molecule has 18 heavy (non-hydrogen) atoms. The van der Waals surface area contributed by atoms with Gasteiger partial charge in [-0.15, -0.1) is 0 Å². The molecule has 0 bridgehead atoms. The highest BCUT2D eigenvalue weighted by atomic mass is 32.1. The van der Waals surface area contributed by atoms with Crippen LogP contribution in [0.1, 0.15) is 21.8 Å². The van der Waals surface area contributed by atoms with Crippen molar-refractivity contribution in [1.29, 1.82) is 0 Å². The van der Waals surface area contributed by atoms with Gasteiger partial charge in [-0.3, -0.25) is 0 Å². The SMILES string of the molecule is COC(=O)c1sc(N2CCCN(C)CC2)nc1C. The van der Waals surface area contributed by atoms with Gasteiger partial charge >= 0.3 is 5.97 Å². The van der Waals surface area contributed by atoms with E-state index in [0.29, 0.717) is 4.88 Å². The van der Waals surface area contributed by atoms with Gasteiger partial charge in [-0.1, -0.05) is 11.3 Å². The molecule has 2 heterocycles. The van der Waals surface area contributed by atoms with Crippen LogP contribution in [0.15, 0.2) is 0 Å². The molecule has 5 nitrogen and oxygen atoms in total. The van der Waals surface area contributed by atoms with E-state index in [2.05, 4.69) is 21.8 Å². The summed E-state index contributed by atoms with van der Waals surface area (Å²) in [4.78, 5) is 21.3. The first-order valence-electron chi connectivity index (χ1n) is 6.11. The van der Waals surface area contributed by atoms with Crippen molar-refractivity contribution in [3.8, 4) is 0 Å². The Morgan fingerprint density at radius 1 is 1.33 bits per heavy atom. The Bertz CT molecular complexity index is 433. The van der Waals surface area contributed by atoms with Gasteiger partial charge in [-0.2, -0.15) is 0 Å². The molecule has 2 rings (SSSR count). The average molecular weight is 269 g/mol. The number of hydrogen-bond donors (Lipinski definition) is 0. The first kappa shape index (κ1) is 13.3. The van der Waals surface area contributed by atoms with Crippen molar-refractivity contribution in [3.05, 3.63) is 10.6 Å². The molecule has 1 aliphatic rings. The average Bonchev–Trinajstić information content (AvgIpc) is 2.60. The van der Waals surface area contributed by atoms with Crippen LogP contribution in [0.25, 0.3) is 0 Å². The first-order chi connectivity index (χ1) is 8.61. The van der Waals surface area contributed by atoms with Gasteiger partial charge in [-0.25, -0.2) is 9.78 Å². The molecular formula is C12H19N3O2S. The minimum absolute atomic E-state index is 0.289.